The zero-order chi connectivity index (χ0) is 30.6. The van der Waals surface area contributed by atoms with E-state index in [4.69, 9.17) is 0 Å². The third-order valence-corrected chi connectivity index (χ3v) is 8.54. The monoisotopic (exact) mass is 609 g/mol. The molecule has 2 N–H and O–H groups in total. The molecule has 42 heavy (non-hydrogen) atoms. The molecule has 0 aliphatic heterocycles. The number of hydrogen-bond donors (Lipinski definition) is 2. The van der Waals surface area contributed by atoms with Crippen LogP contribution in [0.15, 0.2) is 18.5 Å². The molecule has 2 heterocycles. The molecule has 7 nitrogen and oxygen atoms in total. The minimum atomic E-state index is -4.51. The SMILES string of the molecule is CC(CC(=O)N[C@@H](c1ccn2cc([C@@H](NC(=O)[C@H]3C[C@@H]3C(F)(F)F)C3CCC(F)(F)CC3)nc2n1)C1CC1)C(F)(F)F. The van der Waals surface area contributed by atoms with Crippen LogP contribution in [0.5, 0.6) is 0 Å². The third kappa shape index (κ3) is 6.96. The summed E-state index contributed by atoms with van der Waals surface area (Å²) in [6.45, 7) is 0.928. The van der Waals surface area contributed by atoms with Gasteiger partial charge in [0.2, 0.25) is 23.5 Å². The fourth-order valence-electron chi connectivity index (χ4n) is 5.65. The Morgan fingerprint density at radius 3 is 2.14 bits per heavy atom. The van der Waals surface area contributed by atoms with Crippen molar-refractivity contribution in [3.63, 3.8) is 0 Å². The van der Waals surface area contributed by atoms with E-state index in [1.165, 1.54) is 10.6 Å². The fourth-order valence-corrected chi connectivity index (χ4v) is 5.65. The number of imidazole rings is 1. The van der Waals surface area contributed by atoms with Gasteiger partial charge in [-0.05, 0) is 50.0 Å². The Hall–Kier alpha value is -3.00. The molecule has 15 heteroatoms. The molecule has 3 aliphatic carbocycles. The van der Waals surface area contributed by atoms with Gasteiger partial charge in [-0.2, -0.15) is 26.3 Å². The molecule has 1 unspecified atom stereocenters. The number of nitrogens with one attached hydrogen (secondary N) is 2. The lowest BCUT2D eigenvalue weighted by Gasteiger charge is -2.33. The number of halogens is 8. The van der Waals surface area contributed by atoms with Gasteiger partial charge in [0.15, 0.2) is 0 Å². The second kappa shape index (κ2) is 10.9. The number of hydrogen-bond acceptors (Lipinski definition) is 4. The normalized spacial score (nSPS) is 25.1. The maximum atomic E-state index is 13.9. The smallest absolute Gasteiger partial charge is 0.347 e. The van der Waals surface area contributed by atoms with E-state index >= 15 is 0 Å². The second-order valence-electron chi connectivity index (χ2n) is 11.9. The van der Waals surface area contributed by atoms with Gasteiger partial charge in [-0.3, -0.25) is 14.0 Å². The van der Waals surface area contributed by atoms with Crippen molar-refractivity contribution < 1.29 is 44.7 Å². The van der Waals surface area contributed by atoms with Crippen LogP contribution in [0, 0.1) is 29.6 Å². The largest absolute Gasteiger partial charge is 0.392 e. The van der Waals surface area contributed by atoms with Gasteiger partial charge >= 0.3 is 12.4 Å². The van der Waals surface area contributed by atoms with Gasteiger partial charge in [0, 0.05) is 31.7 Å². The van der Waals surface area contributed by atoms with Gasteiger partial charge in [0.25, 0.3) is 0 Å². The summed E-state index contributed by atoms with van der Waals surface area (Å²) in [5.41, 5.74) is 0.623. The highest BCUT2D eigenvalue weighted by molar-refractivity contribution is 5.82. The number of carbonyl (C=O) groups is 2. The topological polar surface area (TPSA) is 88.4 Å². The fraction of sp³-hybridized carbons (Fsp3) is 0.704. The van der Waals surface area contributed by atoms with Crippen LogP contribution in [0.2, 0.25) is 0 Å². The number of amides is 2. The molecular weight excluding hydrogens is 578 g/mol. The van der Waals surface area contributed by atoms with E-state index in [-0.39, 0.29) is 36.7 Å². The molecule has 5 rings (SSSR count). The van der Waals surface area contributed by atoms with Crippen molar-refractivity contribution in [3.8, 4) is 0 Å². The van der Waals surface area contributed by atoms with Crippen LogP contribution in [0.25, 0.3) is 5.78 Å². The first kappa shape index (κ1) is 30.5. The van der Waals surface area contributed by atoms with Gasteiger partial charge in [0.05, 0.1) is 41.2 Å². The molecular formula is C27H31F8N5O2. The maximum Gasteiger partial charge on any atom is 0.392 e. The van der Waals surface area contributed by atoms with Gasteiger partial charge in [-0.25, -0.2) is 18.7 Å². The average molecular weight is 610 g/mol. The number of carbonyl (C=O) groups excluding carboxylic acids is 2. The van der Waals surface area contributed by atoms with Crippen molar-refractivity contribution in [1.29, 1.82) is 0 Å². The molecule has 5 atom stereocenters. The van der Waals surface area contributed by atoms with E-state index in [0.29, 0.717) is 5.69 Å². The Morgan fingerprint density at radius 2 is 1.57 bits per heavy atom. The number of alkyl halides is 8. The van der Waals surface area contributed by atoms with E-state index in [9.17, 15) is 44.7 Å². The third-order valence-electron chi connectivity index (χ3n) is 8.54. The summed E-state index contributed by atoms with van der Waals surface area (Å²) in [4.78, 5) is 34.2. The van der Waals surface area contributed by atoms with Crippen LogP contribution in [-0.4, -0.2) is 44.5 Å². The molecule has 0 spiro atoms. The predicted octanol–water partition coefficient (Wildman–Crippen LogP) is 6.07. The Labute approximate surface area is 235 Å². The van der Waals surface area contributed by atoms with Gasteiger partial charge < -0.3 is 10.6 Å². The van der Waals surface area contributed by atoms with Crippen molar-refractivity contribution >= 4 is 17.6 Å². The summed E-state index contributed by atoms with van der Waals surface area (Å²) in [6, 6.07) is 0.0197. The zero-order valence-electron chi connectivity index (χ0n) is 22.6. The summed E-state index contributed by atoms with van der Waals surface area (Å²) in [5.74, 6) is -9.63. The van der Waals surface area contributed by atoms with E-state index in [1.54, 1.807) is 12.3 Å². The Morgan fingerprint density at radius 1 is 0.976 bits per heavy atom. The number of rotatable bonds is 9. The zero-order valence-corrected chi connectivity index (χ0v) is 22.6. The molecule has 0 bridgehead atoms. The van der Waals surface area contributed by atoms with Gasteiger partial charge in [-0.15, -0.1) is 0 Å². The van der Waals surface area contributed by atoms with Crippen molar-refractivity contribution in [1.82, 2.24) is 25.0 Å². The summed E-state index contributed by atoms with van der Waals surface area (Å²) >= 11 is 0. The van der Waals surface area contributed by atoms with Crippen LogP contribution in [0.1, 0.15) is 81.8 Å². The quantitative estimate of drug-likeness (QED) is 0.338. The highest BCUT2D eigenvalue weighted by Gasteiger charge is 2.59. The first-order valence-corrected chi connectivity index (χ1v) is 14.0. The lowest BCUT2D eigenvalue weighted by Crippen LogP contribution is -2.38. The molecule has 3 aliphatic rings. The van der Waals surface area contributed by atoms with Crippen LogP contribution in [0.3, 0.4) is 0 Å². The second-order valence-corrected chi connectivity index (χ2v) is 11.9. The van der Waals surface area contributed by atoms with Crippen molar-refractivity contribution in [2.24, 2.45) is 29.6 Å². The van der Waals surface area contributed by atoms with E-state index in [1.807, 2.05) is 0 Å². The first-order valence-electron chi connectivity index (χ1n) is 14.0. The highest BCUT2D eigenvalue weighted by Crippen LogP contribution is 2.51. The number of aromatic nitrogens is 3. The molecule has 2 aromatic heterocycles. The van der Waals surface area contributed by atoms with E-state index < -0.39 is 85.1 Å². The lowest BCUT2D eigenvalue weighted by molar-refractivity contribution is -0.174. The summed E-state index contributed by atoms with van der Waals surface area (Å²) in [6.07, 6.45) is -6.30. The molecule has 0 radical (unpaired) electrons. The van der Waals surface area contributed by atoms with E-state index in [2.05, 4.69) is 20.6 Å². The van der Waals surface area contributed by atoms with Crippen LogP contribution < -0.4 is 10.6 Å². The van der Waals surface area contributed by atoms with Crippen LogP contribution >= 0.6 is 0 Å². The Bertz CT molecular complexity index is 1310. The summed E-state index contributed by atoms with van der Waals surface area (Å²) in [5, 5.41) is 5.30. The number of fused-ring (bicyclic) bond motifs is 1. The summed E-state index contributed by atoms with van der Waals surface area (Å²) in [7, 11) is 0. The first-order chi connectivity index (χ1) is 19.5. The van der Waals surface area contributed by atoms with Crippen molar-refractivity contribution in [2.45, 2.75) is 88.6 Å². The summed E-state index contributed by atoms with van der Waals surface area (Å²) < 4.78 is 107. The minimum absolute atomic E-state index is 0.0180. The molecule has 3 fully saturated rings. The molecule has 2 aromatic rings. The molecule has 3 saturated carbocycles. The minimum Gasteiger partial charge on any atom is -0.347 e. The standard InChI is InChI=1S/C27H31F8N5O2/c1-13(26(30,31)32)10-20(41)38-21(14-2-3-14)18-6-9-40-12-19(37-24(40)36-18)22(15-4-7-25(28,29)8-5-15)39-23(42)16-11-17(16)27(33,34)35/h6,9,12-17,21-22H,2-5,7-8,10-11H2,1H3,(H,38,41)(H,39,42)/t13?,16-,17-,21+,22-/m0/s1. The average Bonchev–Trinajstić information content (AvgIpc) is 3.80. The predicted molar refractivity (Wildman–Crippen MR) is 132 cm³/mol. The van der Waals surface area contributed by atoms with Crippen molar-refractivity contribution in [2.75, 3.05) is 0 Å². The Kier molecular flexibility index (Phi) is 7.92. The van der Waals surface area contributed by atoms with Crippen molar-refractivity contribution in [3.05, 3.63) is 29.8 Å². The molecule has 2 amide bonds. The van der Waals surface area contributed by atoms with E-state index in [0.717, 1.165) is 19.8 Å². The van der Waals surface area contributed by atoms with Crippen LogP contribution in [-0.2, 0) is 9.59 Å². The number of nitrogens with zero attached hydrogens (tertiary/aromatic N) is 3. The molecule has 0 saturated heterocycles. The molecule has 0 aromatic carbocycles. The maximum absolute atomic E-state index is 13.9. The molecule has 232 valence electrons. The highest BCUT2D eigenvalue weighted by atomic mass is 19.4. The Balaban J connectivity index is 1.36. The lowest BCUT2D eigenvalue weighted by atomic mass is 9.81. The van der Waals surface area contributed by atoms with Crippen LogP contribution in [0.4, 0.5) is 35.1 Å². The van der Waals surface area contributed by atoms with Gasteiger partial charge in [-0.1, -0.05) is 6.92 Å². The van der Waals surface area contributed by atoms with Gasteiger partial charge in [0.1, 0.15) is 0 Å².